The van der Waals surface area contributed by atoms with Crippen LogP contribution in [0.15, 0.2) is 42.5 Å². The number of rotatable bonds is 9. The molecule has 0 radical (unpaired) electrons. The van der Waals surface area contributed by atoms with Crippen molar-refractivity contribution in [2.75, 3.05) is 18.5 Å². The number of benzene rings is 3. The van der Waals surface area contributed by atoms with E-state index in [-0.39, 0.29) is 34.4 Å². The standard InChI is InChI=1S/C22H17Cl2NO8/c23-14-5-12-4-13(22(30)31)6-18(21(12)15(24)7-14)32-9-19(27)25-16-2-1-11(8-26)3-17(16)33-10-20(28)29/h1-7,26H,8-10H2,(H,25,27)(H,28,29)(H,30,31). The zero-order valence-corrected chi connectivity index (χ0v) is 18.3. The molecule has 0 fully saturated rings. The van der Waals surface area contributed by atoms with Crippen LogP contribution in [0.3, 0.4) is 0 Å². The van der Waals surface area contributed by atoms with Crippen molar-refractivity contribution in [3.63, 3.8) is 0 Å². The maximum atomic E-state index is 12.5. The fraction of sp³-hybridized carbons (Fsp3) is 0.136. The van der Waals surface area contributed by atoms with E-state index in [1.165, 1.54) is 42.5 Å². The van der Waals surface area contributed by atoms with Crippen molar-refractivity contribution in [3.05, 3.63) is 63.6 Å². The van der Waals surface area contributed by atoms with Crippen molar-refractivity contribution in [2.45, 2.75) is 6.61 Å². The van der Waals surface area contributed by atoms with Gasteiger partial charge in [-0.1, -0.05) is 29.3 Å². The fourth-order valence-corrected chi connectivity index (χ4v) is 3.59. The number of aliphatic carboxylic acids is 1. The SMILES string of the molecule is O=C(O)COc1cc(CO)ccc1NC(=O)COc1cc(C(=O)O)cc2cc(Cl)cc(Cl)c12. The predicted octanol–water partition coefficient (Wildman–Crippen LogP) is 3.82. The molecule has 4 N–H and O–H groups in total. The van der Waals surface area contributed by atoms with E-state index in [0.29, 0.717) is 21.4 Å². The van der Waals surface area contributed by atoms with Gasteiger partial charge in [-0.15, -0.1) is 0 Å². The molecule has 0 aromatic heterocycles. The molecule has 0 aliphatic rings. The van der Waals surface area contributed by atoms with Crippen molar-refractivity contribution < 1.29 is 39.2 Å². The van der Waals surface area contributed by atoms with Crippen LogP contribution in [0.4, 0.5) is 5.69 Å². The highest BCUT2D eigenvalue weighted by molar-refractivity contribution is 6.39. The molecular formula is C22H17Cl2NO8. The molecule has 0 atom stereocenters. The number of anilines is 1. The third-order valence-corrected chi connectivity index (χ3v) is 4.91. The molecule has 1 amide bonds. The summed E-state index contributed by atoms with van der Waals surface area (Å²) in [6, 6.07) is 9.99. The van der Waals surface area contributed by atoms with Crippen molar-refractivity contribution in [3.8, 4) is 11.5 Å². The second-order valence-electron chi connectivity index (χ2n) is 6.77. The molecule has 11 heteroatoms. The Hall–Kier alpha value is -3.53. The number of ether oxygens (including phenoxy) is 2. The lowest BCUT2D eigenvalue weighted by Gasteiger charge is -2.14. The van der Waals surface area contributed by atoms with E-state index < -0.39 is 31.1 Å². The van der Waals surface area contributed by atoms with Gasteiger partial charge in [-0.3, -0.25) is 4.79 Å². The molecule has 0 spiro atoms. The first kappa shape index (κ1) is 24.1. The predicted molar refractivity (Wildman–Crippen MR) is 121 cm³/mol. The van der Waals surface area contributed by atoms with Gasteiger partial charge in [0, 0.05) is 10.4 Å². The molecule has 0 heterocycles. The van der Waals surface area contributed by atoms with E-state index in [9.17, 15) is 24.6 Å². The fourth-order valence-electron chi connectivity index (χ4n) is 2.98. The van der Waals surface area contributed by atoms with Crippen molar-refractivity contribution >= 4 is 57.5 Å². The Morgan fingerprint density at radius 3 is 2.30 bits per heavy atom. The van der Waals surface area contributed by atoms with Crippen LogP contribution in [0, 0.1) is 0 Å². The van der Waals surface area contributed by atoms with Crippen LogP contribution < -0.4 is 14.8 Å². The van der Waals surface area contributed by atoms with Gasteiger partial charge in [0.1, 0.15) is 11.5 Å². The minimum absolute atomic E-state index is 0.0494. The Kier molecular flexibility index (Phi) is 7.59. The highest BCUT2D eigenvalue weighted by Crippen LogP contribution is 2.36. The number of hydrogen-bond donors (Lipinski definition) is 4. The zero-order chi connectivity index (χ0) is 24.1. The van der Waals surface area contributed by atoms with E-state index in [0.717, 1.165) is 0 Å². The van der Waals surface area contributed by atoms with Gasteiger partial charge in [0.05, 0.1) is 22.9 Å². The van der Waals surface area contributed by atoms with Gasteiger partial charge in [-0.05, 0) is 47.3 Å². The molecule has 3 rings (SSSR count). The molecule has 0 unspecified atom stereocenters. The zero-order valence-electron chi connectivity index (χ0n) is 16.8. The summed E-state index contributed by atoms with van der Waals surface area (Å²) in [4.78, 5) is 34.8. The summed E-state index contributed by atoms with van der Waals surface area (Å²) in [6.45, 7) is -1.47. The average molecular weight is 494 g/mol. The molecule has 3 aromatic rings. The second kappa shape index (κ2) is 10.4. The Balaban J connectivity index is 1.83. The van der Waals surface area contributed by atoms with Crippen LogP contribution >= 0.6 is 23.2 Å². The van der Waals surface area contributed by atoms with E-state index in [2.05, 4.69) is 5.32 Å². The van der Waals surface area contributed by atoms with Gasteiger partial charge in [-0.25, -0.2) is 9.59 Å². The Morgan fingerprint density at radius 2 is 1.64 bits per heavy atom. The van der Waals surface area contributed by atoms with Crippen LogP contribution in [-0.4, -0.2) is 46.4 Å². The Morgan fingerprint density at radius 1 is 0.909 bits per heavy atom. The third-order valence-electron chi connectivity index (χ3n) is 4.39. The summed E-state index contributed by atoms with van der Waals surface area (Å²) in [7, 11) is 0. The van der Waals surface area contributed by atoms with Crippen LogP contribution in [0.5, 0.6) is 11.5 Å². The van der Waals surface area contributed by atoms with Gasteiger partial charge >= 0.3 is 11.9 Å². The molecule has 3 aromatic carbocycles. The number of carboxylic acids is 2. The van der Waals surface area contributed by atoms with E-state index in [4.69, 9.17) is 37.8 Å². The Labute approximate surface area is 197 Å². The maximum Gasteiger partial charge on any atom is 0.341 e. The molecule has 33 heavy (non-hydrogen) atoms. The molecule has 172 valence electrons. The number of aromatic carboxylic acids is 1. The first-order chi connectivity index (χ1) is 15.7. The van der Waals surface area contributed by atoms with Crippen LogP contribution in [0.25, 0.3) is 10.8 Å². The van der Waals surface area contributed by atoms with Crippen LogP contribution in [0.2, 0.25) is 10.0 Å². The number of halogens is 2. The van der Waals surface area contributed by atoms with Gasteiger partial charge < -0.3 is 30.1 Å². The molecule has 0 saturated heterocycles. The minimum atomic E-state index is -1.22. The van der Waals surface area contributed by atoms with Crippen molar-refractivity contribution in [1.82, 2.24) is 0 Å². The van der Waals surface area contributed by atoms with E-state index in [1.807, 2.05) is 0 Å². The van der Waals surface area contributed by atoms with E-state index in [1.54, 1.807) is 0 Å². The molecule has 0 saturated carbocycles. The number of aliphatic hydroxyl groups is 1. The van der Waals surface area contributed by atoms with Gasteiger partial charge in [-0.2, -0.15) is 0 Å². The van der Waals surface area contributed by atoms with Crippen LogP contribution in [-0.2, 0) is 16.2 Å². The maximum absolute atomic E-state index is 12.5. The third kappa shape index (κ3) is 6.04. The molecular weight excluding hydrogens is 477 g/mol. The molecule has 0 aliphatic carbocycles. The number of nitrogens with one attached hydrogen (secondary N) is 1. The molecule has 0 aliphatic heterocycles. The quantitative estimate of drug-likeness (QED) is 0.352. The summed E-state index contributed by atoms with van der Waals surface area (Å²) < 4.78 is 10.7. The second-order valence-corrected chi connectivity index (χ2v) is 7.62. The summed E-state index contributed by atoms with van der Waals surface area (Å²) in [5, 5.41) is 31.3. The summed E-state index contributed by atoms with van der Waals surface area (Å²) in [6.07, 6.45) is 0. The number of aliphatic hydroxyl groups excluding tert-OH is 1. The largest absolute Gasteiger partial charge is 0.483 e. The minimum Gasteiger partial charge on any atom is -0.483 e. The highest BCUT2D eigenvalue weighted by atomic mass is 35.5. The normalized spacial score (nSPS) is 10.6. The molecule has 0 bridgehead atoms. The number of hydrogen-bond acceptors (Lipinski definition) is 6. The lowest BCUT2D eigenvalue weighted by Crippen LogP contribution is -2.21. The van der Waals surface area contributed by atoms with Gasteiger partial charge in [0.25, 0.3) is 5.91 Å². The van der Waals surface area contributed by atoms with Gasteiger partial charge in [0.15, 0.2) is 13.2 Å². The Bertz CT molecular complexity index is 1240. The number of carbonyl (C=O) groups is 3. The first-order valence-corrected chi connectivity index (χ1v) is 10.1. The number of carbonyl (C=O) groups excluding carboxylic acids is 1. The smallest absolute Gasteiger partial charge is 0.341 e. The molecule has 9 nitrogen and oxygen atoms in total. The average Bonchev–Trinajstić information content (AvgIpc) is 2.75. The van der Waals surface area contributed by atoms with Crippen molar-refractivity contribution in [2.24, 2.45) is 0 Å². The van der Waals surface area contributed by atoms with Gasteiger partial charge in [0.2, 0.25) is 0 Å². The summed E-state index contributed by atoms with van der Waals surface area (Å²) in [5.41, 5.74) is 0.533. The lowest BCUT2D eigenvalue weighted by atomic mass is 10.1. The topological polar surface area (TPSA) is 142 Å². The first-order valence-electron chi connectivity index (χ1n) is 9.35. The van der Waals surface area contributed by atoms with E-state index >= 15 is 0 Å². The number of fused-ring (bicyclic) bond motifs is 1. The number of carboxylic acid groups (broad SMARTS) is 2. The lowest BCUT2D eigenvalue weighted by molar-refractivity contribution is -0.139. The monoisotopic (exact) mass is 493 g/mol. The number of amides is 1. The van der Waals surface area contributed by atoms with Crippen molar-refractivity contribution in [1.29, 1.82) is 0 Å². The summed E-state index contributed by atoms with van der Waals surface area (Å²) >= 11 is 12.3. The summed E-state index contributed by atoms with van der Waals surface area (Å²) in [5.74, 6) is -2.93. The highest BCUT2D eigenvalue weighted by Gasteiger charge is 2.16. The van der Waals surface area contributed by atoms with Crippen LogP contribution in [0.1, 0.15) is 15.9 Å².